The first-order valence-corrected chi connectivity index (χ1v) is 7.82. The van der Waals surface area contributed by atoms with Gasteiger partial charge in [0.1, 0.15) is 0 Å². The van der Waals surface area contributed by atoms with Gasteiger partial charge in [-0.05, 0) is 31.7 Å². The van der Waals surface area contributed by atoms with Crippen molar-refractivity contribution in [2.24, 2.45) is 0 Å². The molecule has 0 radical (unpaired) electrons. The van der Waals surface area contributed by atoms with Crippen LogP contribution in [0, 0.1) is 0 Å². The fourth-order valence-electron chi connectivity index (χ4n) is 2.54. The van der Waals surface area contributed by atoms with Crippen LogP contribution in [0.4, 0.5) is 0 Å². The standard InChI is InChI=1S/C17H23NO4/c1-2-21-17(20)16(19)18(12-14-8-4-3-5-9-14)13-15-10-6-7-11-22-15/h3-5,8-9,15H,2,6-7,10-13H2,1H3. The van der Waals surface area contributed by atoms with Crippen molar-refractivity contribution in [1.82, 2.24) is 4.90 Å². The molecule has 1 atom stereocenters. The van der Waals surface area contributed by atoms with Crippen LogP contribution < -0.4 is 0 Å². The summed E-state index contributed by atoms with van der Waals surface area (Å²) in [7, 11) is 0. The lowest BCUT2D eigenvalue weighted by Gasteiger charge is -2.29. The van der Waals surface area contributed by atoms with Gasteiger partial charge in [-0.1, -0.05) is 30.3 Å². The summed E-state index contributed by atoms with van der Waals surface area (Å²) >= 11 is 0. The molecule has 1 aliphatic rings. The summed E-state index contributed by atoms with van der Waals surface area (Å²) in [5.41, 5.74) is 0.982. The first kappa shape index (κ1) is 16.5. The third kappa shape index (κ3) is 4.84. The van der Waals surface area contributed by atoms with E-state index < -0.39 is 11.9 Å². The molecular weight excluding hydrogens is 282 g/mol. The van der Waals surface area contributed by atoms with Gasteiger partial charge in [-0.25, -0.2) is 4.79 Å². The Morgan fingerprint density at radius 3 is 2.68 bits per heavy atom. The number of ether oxygens (including phenoxy) is 2. The molecule has 22 heavy (non-hydrogen) atoms. The van der Waals surface area contributed by atoms with Gasteiger partial charge < -0.3 is 14.4 Å². The number of amides is 1. The lowest BCUT2D eigenvalue weighted by Crippen LogP contribution is -2.43. The highest BCUT2D eigenvalue weighted by Gasteiger charge is 2.27. The second-order valence-corrected chi connectivity index (χ2v) is 5.38. The quantitative estimate of drug-likeness (QED) is 0.618. The largest absolute Gasteiger partial charge is 0.459 e. The van der Waals surface area contributed by atoms with Crippen LogP contribution in [0.2, 0.25) is 0 Å². The summed E-state index contributed by atoms with van der Waals surface area (Å²) in [5.74, 6) is -1.39. The van der Waals surface area contributed by atoms with E-state index in [2.05, 4.69) is 0 Å². The lowest BCUT2D eigenvalue weighted by molar-refractivity contribution is -0.161. The van der Waals surface area contributed by atoms with Crippen LogP contribution in [-0.2, 0) is 25.6 Å². The average Bonchev–Trinajstić information content (AvgIpc) is 2.56. The Morgan fingerprint density at radius 2 is 2.05 bits per heavy atom. The van der Waals surface area contributed by atoms with Crippen molar-refractivity contribution >= 4 is 11.9 Å². The summed E-state index contributed by atoms with van der Waals surface area (Å²) in [6, 6.07) is 9.63. The van der Waals surface area contributed by atoms with E-state index in [1.165, 1.54) is 4.90 Å². The van der Waals surface area contributed by atoms with E-state index in [1.807, 2.05) is 30.3 Å². The summed E-state index contributed by atoms with van der Waals surface area (Å²) in [6.07, 6.45) is 3.07. The highest BCUT2D eigenvalue weighted by molar-refractivity contribution is 6.32. The van der Waals surface area contributed by atoms with E-state index in [0.717, 1.165) is 31.4 Å². The van der Waals surface area contributed by atoms with E-state index in [1.54, 1.807) is 6.92 Å². The highest BCUT2D eigenvalue weighted by atomic mass is 16.5. The summed E-state index contributed by atoms with van der Waals surface area (Å²) < 4.78 is 10.5. The molecule has 1 amide bonds. The Kier molecular flexibility index (Phi) is 6.40. The number of benzene rings is 1. The van der Waals surface area contributed by atoms with Crippen molar-refractivity contribution < 1.29 is 19.1 Å². The minimum Gasteiger partial charge on any atom is -0.459 e. The number of carbonyl (C=O) groups excluding carboxylic acids is 2. The van der Waals surface area contributed by atoms with Crippen LogP contribution in [0.15, 0.2) is 30.3 Å². The molecule has 0 spiro atoms. The van der Waals surface area contributed by atoms with Gasteiger partial charge >= 0.3 is 11.9 Å². The van der Waals surface area contributed by atoms with E-state index in [-0.39, 0.29) is 12.7 Å². The normalized spacial score (nSPS) is 17.8. The Labute approximate surface area is 131 Å². The van der Waals surface area contributed by atoms with Gasteiger partial charge in [-0.15, -0.1) is 0 Å². The maximum atomic E-state index is 12.3. The average molecular weight is 305 g/mol. The lowest BCUT2D eigenvalue weighted by atomic mass is 10.1. The first-order valence-electron chi connectivity index (χ1n) is 7.82. The maximum Gasteiger partial charge on any atom is 0.397 e. The van der Waals surface area contributed by atoms with Gasteiger partial charge in [0.25, 0.3) is 0 Å². The van der Waals surface area contributed by atoms with Crippen molar-refractivity contribution in [2.45, 2.75) is 38.8 Å². The second kappa shape index (κ2) is 8.54. The molecule has 1 unspecified atom stereocenters. The molecule has 1 saturated heterocycles. The molecule has 120 valence electrons. The number of rotatable bonds is 5. The zero-order valence-corrected chi connectivity index (χ0v) is 13.0. The van der Waals surface area contributed by atoms with Crippen LogP contribution in [0.3, 0.4) is 0 Å². The van der Waals surface area contributed by atoms with Crippen molar-refractivity contribution in [3.63, 3.8) is 0 Å². The fraction of sp³-hybridized carbons (Fsp3) is 0.529. The molecule has 0 N–H and O–H groups in total. The smallest absolute Gasteiger partial charge is 0.397 e. The number of hydrogen-bond donors (Lipinski definition) is 0. The number of nitrogens with zero attached hydrogens (tertiary/aromatic N) is 1. The van der Waals surface area contributed by atoms with E-state index >= 15 is 0 Å². The van der Waals surface area contributed by atoms with Gasteiger partial charge in [0.15, 0.2) is 0 Å². The second-order valence-electron chi connectivity index (χ2n) is 5.38. The molecule has 1 heterocycles. The third-order valence-corrected chi connectivity index (χ3v) is 3.65. The summed E-state index contributed by atoms with van der Waals surface area (Å²) in [6.45, 7) is 3.42. The molecule has 1 aliphatic heterocycles. The van der Waals surface area contributed by atoms with Gasteiger partial charge in [0.2, 0.25) is 0 Å². The highest BCUT2D eigenvalue weighted by Crippen LogP contribution is 2.16. The SMILES string of the molecule is CCOC(=O)C(=O)N(Cc1ccccc1)CC1CCCCO1. The zero-order valence-electron chi connectivity index (χ0n) is 13.0. The van der Waals surface area contributed by atoms with Crippen LogP contribution in [-0.4, -0.2) is 42.6 Å². The van der Waals surface area contributed by atoms with Gasteiger partial charge in [0.05, 0.1) is 12.7 Å². The van der Waals surface area contributed by atoms with Crippen LogP contribution >= 0.6 is 0 Å². The molecule has 1 fully saturated rings. The monoisotopic (exact) mass is 305 g/mol. The Morgan fingerprint density at radius 1 is 1.27 bits per heavy atom. The van der Waals surface area contributed by atoms with E-state index in [9.17, 15) is 9.59 Å². The van der Waals surface area contributed by atoms with E-state index in [0.29, 0.717) is 13.1 Å². The number of hydrogen-bond acceptors (Lipinski definition) is 4. The Balaban J connectivity index is 2.05. The summed E-state index contributed by atoms with van der Waals surface area (Å²) in [5, 5.41) is 0. The molecule has 5 heteroatoms. The van der Waals surface area contributed by atoms with Crippen LogP contribution in [0.5, 0.6) is 0 Å². The number of carbonyl (C=O) groups is 2. The minimum atomic E-state index is -0.797. The molecule has 0 bridgehead atoms. The topological polar surface area (TPSA) is 55.8 Å². The minimum absolute atomic E-state index is 0.00385. The summed E-state index contributed by atoms with van der Waals surface area (Å²) in [4.78, 5) is 25.6. The van der Waals surface area contributed by atoms with Gasteiger partial charge in [-0.2, -0.15) is 0 Å². The van der Waals surface area contributed by atoms with E-state index in [4.69, 9.17) is 9.47 Å². The number of esters is 1. The maximum absolute atomic E-state index is 12.3. The van der Waals surface area contributed by atoms with Crippen molar-refractivity contribution in [2.75, 3.05) is 19.8 Å². The molecule has 1 aromatic rings. The predicted octanol–water partition coefficient (Wildman–Crippen LogP) is 2.15. The molecule has 0 saturated carbocycles. The zero-order chi connectivity index (χ0) is 15.8. The molecular formula is C17H23NO4. The van der Waals surface area contributed by atoms with Crippen LogP contribution in [0.25, 0.3) is 0 Å². The Hall–Kier alpha value is -1.88. The van der Waals surface area contributed by atoms with Crippen molar-refractivity contribution in [3.05, 3.63) is 35.9 Å². The van der Waals surface area contributed by atoms with Gasteiger partial charge in [0, 0.05) is 19.7 Å². The third-order valence-electron chi connectivity index (χ3n) is 3.65. The molecule has 0 aliphatic carbocycles. The van der Waals surface area contributed by atoms with Crippen molar-refractivity contribution in [1.29, 1.82) is 0 Å². The predicted molar refractivity (Wildman–Crippen MR) is 82.1 cm³/mol. The first-order chi connectivity index (χ1) is 10.7. The molecule has 1 aromatic carbocycles. The molecule has 2 rings (SSSR count). The van der Waals surface area contributed by atoms with Crippen LogP contribution in [0.1, 0.15) is 31.7 Å². The molecule has 0 aromatic heterocycles. The molecule has 5 nitrogen and oxygen atoms in total. The van der Waals surface area contributed by atoms with Crippen molar-refractivity contribution in [3.8, 4) is 0 Å². The fourth-order valence-corrected chi connectivity index (χ4v) is 2.54. The Bertz CT molecular complexity index is 483. The van der Waals surface area contributed by atoms with Gasteiger partial charge in [-0.3, -0.25) is 4.79 Å².